The van der Waals surface area contributed by atoms with Crippen LogP contribution in [0, 0.1) is 0 Å². The van der Waals surface area contributed by atoms with Crippen molar-refractivity contribution in [2.24, 2.45) is 0 Å². The maximum atomic E-state index is 13.0. The quantitative estimate of drug-likeness (QED) is 0.782. The third-order valence-electron chi connectivity index (χ3n) is 5.01. The molecule has 0 saturated heterocycles. The molecule has 0 bridgehead atoms. The molecule has 2 aromatic carbocycles. The third-order valence-corrected chi connectivity index (χ3v) is 7.15. The molecular formula is C21H24N2O5S. The van der Waals surface area contributed by atoms with Gasteiger partial charge in [-0.25, -0.2) is 8.42 Å². The van der Waals surface area contributed by atoms with Crippen LogP contribution in [0.5, 0.6) is 5.75 Å². The highest BCUT2D eigenvalue weighted by Gasteiger charge is 2.29. The first-order valence-corrected chi connectivity index (χ1v) is 10.9. The standard InChI is InChI=1S/C21H24N2O5S/c1-14(11-21(25)22-17-5-4-6-18(13-17)28-3)29(26,27)19-7-8-20-16(12-19)9-10-23(20)15(2)24/h4-8,12-14H,9-11H2,1-3H3,(H,22,25)/t14-/m1/s1. The summed E-state index contributed by atoms with van der Waals surface area (Å²) < 4.78 is 31.0. The van der Waals surface area contributed by atoms with Gasteiger partial charge in [0.05, 0.1) is 17.3 Å². The second-order valence-electron chi connectivity index (χ2n) is 7.05. The Morgan fingerprint density at radius 2 is 1.97 bits per heavy atom. The van der Waals surface area contributed by atoms with E-state index in [-0.39, 0.29) is 17.2 Å². The second kappa shape index (κ2) is 8.24. The summed E-state index contributed by atoms with van der Waals surface area (Å²) in [6.45, 7) is 3.56. The van der Waals surface area contributed by atoms with Gasteiger partial charge in [-0.2, -0.15) is 0 Å². The number of nitrogens with zero attached hydrogens (tertiary/aromatic N) is 1. The number of benzene rings is 2. The van der Waals surface area contributed by atoms with Crippen LogP contribution in [0.25, 0.3) is 0 Å². The summed E-state index contributed by atoms with van der Waals surface area (Å²) in [6, 6.07) is 11.7. The van der Waals surface area contributed by atoms with Gasteiger partial charge in [0.2, 0.25) is 11.8 Å². The van der Waals surface area contributed by atoms with Crippen LogP contribution in [0.3, 0.4) is 0 Å². The van der Waals surface area contributed by atoms with Crippen molar-refractivity contribution in [1.29, 1.82) is 0 Å². The molecule has 7 nitrogen and oxygen atoms in total. The van der Waals surface area contributed by atoms with E-state index in [4.69, 9.17) is 4.74 Å². The molecule has 0 saturated carbocycles. The Kier molecular flexibility index (Phi) is 5.93. The third kappa shape index (κ3) is 4.42. The summed E-state index contributed by atoms with van der Waals surface area (Å²) in [7, 11) is -2.16. The largest absolute Gasteiger partial charge is 0.497 e. The number of hydrogen-bond donors (Lipinski definition) is 1. The topological polar surface area (TPSA) is 92.8 Å². The van der Waals surface area contributed by atoms with Crippen molar-refractivity contribution in [2.45, 2.75) is 36.8 Å². The Balaban J connectivity index is 1.72. The molecule has 0 aromatic heterocycles. The van der Waals surface area contributed by atoms with Gasteiger partial charge in [-0.3, -0.25) is 9.59 Å². The van der Waals surface area contributed by atoms with E-state index in [9.17, 15) is 18.0 Å². The molecule has 29 heavy (non-hydrogen) atoms. The van der Waals surface area contributed by atoms with E-state index in [1.807, 2.05) is 0 Å². The lowest BCUT2D eigenvalue weighted by atomic mass is 10.2. The molecule has 0 fully saturated rings. The average molecular weight is 416 g/mol. The van der Waals surface area contributed by atoms with Crippen molar-refractivity contribution in [3.05, 3.63) is 48.0 Å². The Bertz CT molecular complexity index is 1050. The monoisotopic (exact) mass is 416 g/mol. The highest BCUT2D eigenvalue weighted by Crippen LogP contribution is 2.31. The predicted octanol–water partition coefficient (Wildman–Crippen LogP) is 2.80. The first kappa shape index (κ1) is 20.9. The van der Waals surface area contributed by atoms with E-state index in [0.717, 1.165) is 11.3 Å². The lowest BCUT2D eigenvalue weighted by Crippen LogP contribution is -2.26. The van der Waals surface area contributed by atoms with Gasteiger partial charge in [0.1, 0.15) is 5.75 Å². The number of nitrogens with one attached hydrogen (secondary N) is 1. The van der Waals surface area contributed by atoms with Crippen molar-refractivity contribution in [2.75, 3.05) is 23.9 Å². The normalized spacial score (nSPS) is 14.2. The van der Waals surface area contributed by atoms with Crippen LogP contribution < -0.4 is 15.0 Å². The minimum Gasteiger partial charge on any atom is -0.497 e. The number of methoxy groups -OCH3 is 1. The number of rotatable bonds is 6. The lowest BCUT2D eigenvalue weighted by Gasteiger charge is -2.16. The fraction of sp³-hybridized carbons (Fsp3) is 0.333. The van der Waals surface area contributed by atoms with E-state index in [1.54, 1.807) is 41.3 Å². The Morgan fingerprint density at radius 3 is 2.66 bits per heavy atom. The van der Waals surface area contributed by atoms with Crippen molar-refractivity contribution in [3.8, 4) is 5.75 Å². The summed E-state index contributed by atoms with van der Waals surface area (Å²) in [6.07, 6.45) is 0.444. The highest BCUT2D eigenvalue weighted by atomic mass is 32.2. The van der Waals surface area contributed by atoms with Crippen LogP contribution in [0.4, 0.5) is 11.4 Å². The van der Waals surface area contributed by atoms with Gasteiger partial charge >= 0.3 is 0 Å². The highest BCUT2D eigenvalue weighted by molar-refractivity contribution is 7.92. The number of ether oxygens (including phenoxy) is 1. The van der Waals surface area contributed by atoms with Gasteiger partial charge in [0.25, 0.3) is 0 Å². The Labute approximate surface area is 170 Å². The molecule has 154 valence electrons. The zero-order valence-electron chi connectivity index (χ0n) is 16.6. The van der Waals surface area contributed by atoms with Crippen LogP contribution in [0.1, 0.15) is 25.8 Å². The number of fused-ring (bicyclic) bond motifs is 1. The maximum absolute atomic E-state index is 13.0. The molecule has 1 atom stereocenters. The summed E-state index contributed by atoms with van der Waals surface area (Å²) >= 11 is 0. The summed E-state index contributed by atoms with van der Waals surface area (Å²) in [5, 5.41) is 1.81. The summed E-state index contributed by atoms with van der Waals surface area (Å²) in [5.74, 6) is 0.140. The molecule has 2 aromatic rings. The van der Waals surface area contributed by atoms with Gasteiger partial charge in [-0.05, 0) is 49.2 Å². The van der Waals surface area contributed by atoms with Gasteiger partial charge < -0.3 is 15.0 Å². The molecule has 1 heterocycles. The van der Waals surface area contributed by atoms with Crippen molar-refractivity contribution in [1.82, 2.24) is 0 Å². The zero-order valence-corrected chi connectivity index (χ0v) is 17.5. The first-order chi connectivity index (χ1) is 13.7. The SMILES string of the molecule is COc1cccc(NC(=O)C[C@@H](C)S(=O)(=O)c2ccc3c(c2)CCN3C(C)=O)c1. The maximum Gasteiger partial charge on any atom is 0.225 e. The average Bonchev–Trinajstić information content (AvgIpc) is 3.11. The van der Waals surface area contributed by atoms with Crippen molar-refractivity contribution in [3.63, 3.8) is 0 Å². The fourth-order valence-corrected chi connectivity index (χ4v) is 4.80. The molecule has 0 unspecified atom stereocenters. The number of carbonyl (C=O) groups is 2. The Morgan fingerprint density at radius 1 is 1.21 bits per heavy atom. The van der Waals surface area contributed by atoms with Crippen LogP contribution in [0.2, 0.25) is 0 Å². The Hall–Kier alpha value is -2.87. The second-order valence-corrected chi connectivity index (χ2v) is 9.42. The van der Waals surface area contributed by atoms with E-state index in [0.29, 0.717) is 24.4 Å². The van der Waals surface area contributed by atoms with Crippen LogP contribution >= 0.6 is 0 Å². The molecule has 3 rings (SSSR count). The smallest absolute Gasteiger partial charge is 0.225 e. The first-order valence-electron chi connectivity index (χ1n) is 9.31. The molecule has 0 radical (unpaired) electrons. The van der Waals surface area contributed by atoms with Crippen molar-refractivity contribution >= 4 is 33.0 Å². The number of hydrogen-bond acceptors (Lipinski definition) is 5. The van der Waals surface area contributed by atoms with E-state index in [2.05, 4.69) is 5.32 Å². The van der Waals surface area contributed by atoms with Crippen LogP contribution in [-0.4, -0.2) is 39.1 Å². The van der Waals surface area contributed by atoms with Crippen LogP contribution in [0.15, 0.2) is 47.4 Å². The molecule has 1 N–H and O–H groups in total. The number of sulfone groups is 1. The van der Waals surface area contributed by atoms with Gasteiger partial charge in [0.15, 0.2) is 9.84 Å². The minimum atomic E-state index is -3.69. The van der Waals surface area contributed by atoms with Crippen LogP contribution in [-0.2, 0) is 25.8 Å². The molecule has 1 aliphatic rings. The lowest BCUT2D eigenvalue weighted by molar-refractivity contribution is -0.117. The summed E-state index contributed by atoms with van der Waals surface area (Å²) in [5.41, 5.74) is 2.12. The van der Waals surface area contributed by atoms with Crippen molar-refractivity contribution < 1.29 is 22.7 Å². The van der Waals surface area contributed by atoms with Gasteiger partial charge in [-0.1, -0.05) is 6.07 Å². The minimum absolute atomic E-state index is 0.0676. The van der Waals surface area contributed by atoms with E-state index >= 15 is 0 Å². The zero-order chi connectivity index (χ0) is 21.2. The van der Waals surface area contributed by atoms with Gasteiger partial charge in [-0.15, -0.1) is 0 Å². The molecule has 0 aliphatic carbocycles. The van der Waals surface area contributed by atoms with E-state index < -0.39 is 21.0 Å². The number of amides is 2. The fourth-order valence-electron chi connectivity index (χ4n) is 3.40. The number of carbonyl (C=O) groups excluding carboxylic acids is 2. The number of anilines is 2. The summed E-state index contributed by atoms with van der Waals surface area (Å²) in [4.78, 5) is 25.8. The van der Waals surface area contributed by atoms with Gasteiger partial charge in [0, 0.05) is 37.3 Å². The molecule has 0 spiro atoms. The predicted molar refractivity (Wildman–Crippen MR) is 111 cm³/mol. The molecule has 8 heteroatoms. The molecule has 1 aliphatic heterocycles. The molecule has 2 amide bonds. The molecular weight excluding hydrogens is 392 g/mol. The van der Waals surface area contributed by atoms with E-state index in [1.165, 1.54) is 27.0 Å².